The van der Waals surface area contributed by atoms with Gasteiger partial charge in [-0.3, -0.25) is 0 Å². The smallest absolute Gasteiger partial charge is 0.123 e. The third-order valence-corrected chi connectivity index (χ3v) is 2.77. The first-order valence-electron chi connectivity index (χ1n) is 5.82. The van der Waals surface area contributed by atoms with Crippen LogP contribution in [-0.2, 0) is 11.2 Å². The van der Waals surface area contributed by atoms with Gasteiger partial charge in [0, 0.05) is 12.6 Å². The summed E-state index contributed by atoms with van der Waals surface area (Å²) in [5.41, 5.74) is 6.85. The van der Waals surface area contributed by atoms with E-state index >= 15 is 0 Å². The highest BCUT2D eigenvalue weighted by Gasteiger charge is 2.21. The summed E-state index contributed by atoms with van der Waals surface area (Å²) in [6.07, 6.45) is 3.25. The fourth-order valence-electron chi connectivity index (χ4n) is 1.70. The van der Waals surface area contributed by atoms with Crippen LogP contribution >= 0.6 is 0 Å². The standard InChI is InChI=1S/C13H18FNO/c14-12-3-1-2-11(6-12)7-13(15)9-16-8-10-4-5-10/h1-3,6,10,13H,4-5,7-9,15H2. The van der Waals surface area contributed by atoms with Crippen LogP contribution in [0, 0.1) is 11.7 Å². The Morgan fingerprint density at radius 3 is 2.94 bits per heavy atom. The topological polar surface area (TPSA) is 35.2 Å². The molecule has 0 spiro atoms. The number of nitrogens with two attached hydrogens (primary N) is 1. The predicted molar refractivity (Wildman–Crippen MR) is 61.6 cm³/mol. The van der Waals surface area contributed by atoms with Crippen LogP contribution in [0.1, 0.15) is 18.4 Å². The lowest BCUT2D eigenvalue weighted by Gasteiger charge is -2.12. The van der Waals surface area contributed by atoms with Gasteiger partial charge in [-0.2, -0.15) is 0 Å². The van der Waals surface area contributed by atoms with Gasteiger partial charge in [0.15, 0.2) is 0 Å². The van der Waals surface area contributed by atoms with Crippen molar-refractivity contribution < 1.29 is 9.13 Å². The van der Waals surface area contributed by atoms with E-state index in [1.54, 1.807) is 6.07 Å². The van der Waals surface area contributed by atoms with E-state index in [-0.39, 0.29) is 11.9 Å². The lowest BCUT2D eigenvalue weighted by molar-refractivity contribution is 0.112. The molecule has 88 valence electrons. The van der Waals surface area contributed by atoms with Crippen LogP contribution in [-0.4, -0.2) is 19.3 Å². The molecule has 1 aromatic rings. The number of rotatable bonds is 6. The Morgan fingerprint density at radius 2 is 2.25 bits per heavy atom. The molecule has 1 aromatic carbocycles. The maximum atomic E-state index is 12.9. The number of halogens is 1. The summed E-state index contributed by atoms with van der Waals surface area (Å²) in [5, 5.41) is 0. The zero-order chi connectivity index (χ0) is 11.4. The Labute approximate surface area is 95.6 Å². The molecule has 0 aliphatic heterocycles. The Morgan fingerprint density at radius 1 is 1.44 bits per heavy atom. The van der Waals surface area contributed by atoms with Gasteiger partial charge in [-0.25, -0.2) is 4.39 Å². The first-order valence-corrected chi connectivity index (χ1v) is 5.82. The summed E-state index contributed by atoms with van der Waals surface area (Å²) < 4.78 is 18.4. The van der Waals surface area contributed by atoms with Crippen molar-refractivity contribution in [2.75, 3.05) is 13.2 Å². The summed E-state index contributed by atoms with van der Waals surface area (Å²) in [4.78, 5) is 0. The molecule has 0 bridgehead atoms. The summed E-state index contributed by atoms with van der Waals surface area (Å²) in [6.45, 7) is 1.39. The van der Waals surface area contributed by atoms with Gasteiger partial charge < -0.3 is 10.5 Å². The van der Waals surface area contributed by atoms with Gasteiger partial charge in [0.1, 0.15) is 5.82 Å². The molecule has 0 heterocycles. The Balaban J connectivity index is 1.70. The summed E-state index contributed by atoms with van der Waals surface area (Å²) >= 11 is 0. The number of hydrogen-bond acceptors (Lipinski definition) is 2. The van der Waals surface area contributed by atoms with Crippen LogP contribution in [0.2, 0.25) is 0 Å². The van der Waals surface area contributed by atoms with Crippen molar-refractivity contribution in [3.63, 3.8) is 0 Å². The van der Waals surface area contributed by atoms with Gasteiger partial charge in [-0.1, -0.05) is 12.1 Å². The Kier molecular flexibility index (Phi) is 3.91. The average Bonchev–Trinajstić information content (AvgIpc) is 3.01. The minimum Gasteiger partial charge on any atom is -0.380 e. The number of benzene rings is 1. The highest BCUT2D eigenvalue weighted by molar-refractivity contribution is 5.17. The molecule has 16 heavy (non-hydrogen) atoms. The molecular weight excluding hydrogens is 205 g/mol. The van der Waals surface area contributed by atoms with E-state index < -0.39 is 0 Å². The second kappa shape index (κ2) is 5.41. The van der Waals surface area contributed by atoms with Crippen LogP contribution in [0.3, 0.4) is 0 Å². The van der Waals surface area contributed by atoms with Gasteiger partial charge >= 0.3 is 0 Å². The monoisotopic (exact) mass is 223 g/mol. The molecule has 2 nitrogen and oxygen atoms in total. The SMILES string of the molecule is NC(COCC1CC1)Cc1cccc(F)c1. The molecule has 0 radical (unpaired) electrons. The highest BCUT2D eigenvalue weighted by Crippen LogP contribution is 2.28. The fraction of sp³-hybridized carbons (Fsp3) is 0.538. The summed E-state index contributed by atoms with van der Waals surface area (Å²) in [6, 6.07) is 6.53. The maximum Gasteiger partial charge on any atom is 0.123 e. The molecule has 0 saturated heterocycles. The molecule has 1 aliphatic rings. The molecule has 0 amide bonds. The molecule has 3 heteroatoms. The number of hydrogen-bond donors (Lipinski definition) is 1. The molecule has 1 unspecified atom stereocenters. The second-order valence-corrected chi connectivity index (χ2v) is 4.57. The van der Waals surface area contributed by atoms with Crippen molar-refractivity contribution in [2.24, 2.45) is 11.7 Å². The molecule has 1 fully saturated rings. The first kappa shape index (κ1) is 11.6. The molecule has 0 aromatic heterocycles. The van der Waals surface area contributed by atoms with Crippen molar-refractivity contribution in [1.82, 2.24) is 0 Å². The van der Waals surface area contributed by atoms with Gasteiger partial charge in [-0.15, -0.1) is 0 Å². The predicted octanol–water partition coefficient (Wildman–Crippen LogP) is 2.12. The van der Waals surface area contributed by atoms with E-state index in [1.807, 2.05) is 6.07 Å². The van der Waals surface area contributed by atoms with Crippen LogP contribution in [0.5, 0.6) is 0 Å². The second-order valence-electron chi connectivity index (χ2n) is 4.57. The minimum atomic E-state index is -0.205. The van der Waals surface area contributed by atoms with Gasteiger partial charge in [0.2, 0.25) is 0 Å². The summed E-state index contributed by atoms with van der Waals surface area (Å²) in [5.74, 6) is 0.560. The van der Waals surface area contributed by atoms with Gasteiger partial charge in [0.05, 0.1) is 6.61 Å². The molecule has 1 atom stereocenters. The molecule has 1 saturated carbocycles. The van der Waals surface area contributed by atoms with Crippen molar-refractivity contribution in [3.05, 3.63) is 35.6 Å². The van der Waals surface area contributed by atoms with E-state index in [0.29, 0.717) is 13.0 Å². The van der Waals surface area contributed by atoms with E-state index in [0.717, 1.165) is 18.1 Å². The lowest BCUT2D eigenvalue weighted by atomic mass is 10.1. The number of ether oxygens (including phenoxy) is 1. The quantitative estimate of drug-likeness (QED) is 0.801. The molecular formula is C13H18FNO. The van der Waals surface area contributed by atoms with E-state index in [2.05, 4.69) is 0 Å². The van der Waals surface area contributed by atoms with Crippen LogP contribution < -0.4 is 5.73 Å². The average molecular weight is 223 g/mol. The Hall–Kier alpha value is -0.930. The molecule has 1 aliphatic carbocycles. The maximum absolute atomic E-state index is 12.9. The Bertz CT molecular complexity index is 338. The van der Waals surface area contributed by atoms with Crippen LogP contribution in [0.4, 0.5) is 4.39 Å². The lowest BCUT2D eigenvalue weighted by Crippen LogP contribution is -2.29. The third kappa shape index (κ3) is 3.91. The third-order valence-electron chi connectivity index (χ3n) is 2.77. The minimum absolute atomic E-state index is 0.0412. The molecule has 2 rings (SSSR count). The normalized spacial score (nSPS) is 17.4. The van der Waals surface area contributed by atoms with Gasteiger partial charge in [-0.05, 0) is 42.9 Å². The van der Waals surface area contributed by atoms with E-state index in [4.69, 9.17) is 10.5 Å². The van der Waals surface area contributed by atoms with Crippen molar-refractivity contribution in [3.8, 4) is 0 Å². The zero-order valence-electron chi connectivity index (χ0n) is 9.36. The van der Waals surface area contributed by atoms with Gasteiger partial charge in [0.25, 0.3) is 0 Å². The zero-order valence-corrected chi connectivity index (χ0v) is 9.36. The summed E-state index contributed by atoms with van der Waals surface area (Å²) in [7, 11) is 0. The highest BCUT2D eigenvalue weighted by atomic mass is 19.1. The van der Waals surface area contributed by atoms with Crippen LogP contribution in [0.25, 0.3) is 0 Å². The van der Waals surface area contributed by atoms with E-state index in [1.165, 1.54) is 25.0 Å². The first-order chi connectivity index (χ1) is 7.74. The van der Waals surface area contributed by atoms with Crippen molar-refractivity contribution in [2.45, 2.75) is 25.3 Å². The van der Waals surface area contributed by atoms with E-state index in [9.17, 15) is 4.39 Å². The largest absolute Gasteiger partial charge is 0.380 e. The fourth-order valence-corrected chi connectivity index (χ4v) is 1.70. The molecule has 2 N–H and O–H groups in total. The van der Waals surface area contributed by atoms with Crippen molar-refractivity contribution in [1.29, 1.82) is 0 Å². The van der Waals surface area contributed by atoms with Crippen molar-refractivity contribution >= 4 is 0 Å². The van der Waals surface area contributed by atoms with Crippen LogP contribution in [0.15, 0.2) is 24.3 Å².